The van der Waals surface area contributed by atoms with E-state index in [4.69, 9.17) is 4.74 Å². The van der Waals surface area contributed by atoms with Crippen molar-refractivity contribution in [1.29, 1.82) is 0 Å². The second kappa shape index (κ2) is 11.8. The number of ether oxygens (including phenoxy) is 1. The molecule has 0 aromatic carbocycles. The van der Waals surface area contributed by atoms with E-state index in [0.717, 1.165) is 23.2 Å². The molecule has 1 fully saturated rings. The summed E-state index contributed by atoms with van der Waals surface area (Å²) in [4.78, 5) is 8.64. The predicted molar refractivity (Wildman–Crippen MR) is 114 cm³/mol. The summed E-state index contributed by atoms with van der Waals surface area (Å²) in [5.74, 6) is 1.55. The minimum absolute atomic E-state index is 0. The first-order chi connectivity index (χ1) is 11.2. The van der Waals surface area contributed by atoms with E-state index in [1.807, 2.05) is 37.1 Å². The van der Waals surface area contributed by atoms with Gasteiger partial charge in [0.05, 0.1) is 6.61 Å². The van der Waals surface area contributed by atoms with Gasteiger partial charge < -0.3 is 15.4 Å². The molecule has 0 spiro atoms. The number of thioether (sulfide) groups is 1. The van der Waals surface area contributed by atoms with Gasteiger partial charge in [0, 0.05) is 37.1 Å². The predicted octanol–water partition coefficient (Wildman–Crippen LogP) is 3.44. The number of hydrogen-bond donors (Lipinski definition) is 2. The average molecular weight is 464 g/mol. The Morgan fingerprint density at radius 3 is 2.83 bits per heavy atom. The van der Waals surface area contributed by atoms with Gasteiger partial charge in [0.2, 0.25) is 5.88 Å². The highest BCUT2D eigenvalue weighted by Crippen LogP contribution is 2.27. The minimum atomic E-state index is 0. The third-order valence-corrected chi connectivity index (χ3v) is 5.09. The zero-order chi connectivity index (χ0) is 16.5. The van der Waals surface area contributed by atoms with E-state index in [1.165, 1.54) is 19.3 Å². The molecule has 2 rings (SSSR count). The molecule has 2 N–H and O–H groups in total. The van der Waals surface area contributed by atoms with Crippen LogP contribution < -0.4 is 15.4 Å². The lowest BCUT2D eigenvalue weighted by Gasteiger charge is -2.17. The number of hydrogen-bond acceptors (Lipinski definition) is 4. The molecular formula is C17H29IN4OS. The highest BCUT2D eigenvalue weighted by Gasteiger charge is 2.24. The van der Waals surface area contributed by atoms with Crippen LogP contribution in [0.1, 0.15) is 38.2 Å². The number of pyridine rings is 1. The lowest BCUT2D eigenvalue weighted by Crippen LogP contribution is -2.42. The normalized spacial score (nSPS) is 20.4. The van der Waals surface area contributed by atoms with Crippen LogP contribution in [0, 0.1) is 0 Å². The smallest absolute Gasteiger partial charge is 0.213 e. The standard InChI is InChI=1S/C17H28N4OS.HI/c1-4-9-22-16-8-5-13(11-19-16)12-20-17(18-2)21-14-6-7-15(10-14)23-3;/h5,8,11,14-15H,4,6-7,9-10,12H2,1-3H3,(H2,18,20,21);1H. The quantitative estimate of drug-likeness (QED) is 0.368. The molecule has 1 saturated carbocycles. The number of nitrogens with one attached hydrogen (secondary N) is 2. The molecule has 5 nitrogen and oxygen atoms in total. The third kappa shape index (κ3) is 7.04. The molecule has 2 atom stereocenters. The Bertz CT molecular complexity index is 498. The first-order valence-corrected chi connectivity index (χ1v) is 9.61. The first-order valence-electron chi connectivity index (χ1n) is 8.32. The third-order valence-electron chi connectivity index (χ3n) is 3.99. The fraction of sp³-hybridized carbons (Fsp3) is 0.647. The molecule has 1 aliphatic carbocycles. The zero-order valence-electron chi connectivity index (χ0n) is 14.7. The number of rotatable bonds is 7. The largest absolute Gasteiger partial charge is 0.478 e. The lowest BCUT2D eigenvalue weighted by molar-refractivity contribution is 0.305. The van der Waals surface area contributed by atoms with Gasteiger partial charge in [-0.15, -0.1) is 24.0 Å². The highest BCUT2D eigenvalue weighted by atomic mass is 127. The van der Waals surface area contributed by atoms with Gasteiger partial charge in [-0.3, -0.25) is 4.99 Å². The molecule has 24 heavy (non-hydrogen) atoms. The highest BCUT2D eigenvalue weighted by molar-refractivity contribution is 14.0. The molecule has 1 aromatic heterocycles. The van der Waals surface area contributed by atoms with Crippen LogP contribution in [0.4, 0.5) is 0 Å². The van der Waals surface area contributed by atoms with Crippen LogP contribution >= 0.6 is 35.7 Å². The van der Waals surface area contributed by atoms with Crippen molar-refractivity contribution in [2.75, 3.05) is 19.9 Å². The number of aromatic nitrogens is 1. The second-order valence-corrected chi connectivity index (χ2v) is 6.93. The van der Waals surface area contributed by atoms with E-state index in [2.05, 4.69) is 33.8 Å². The Morgan fingerprint density at radius 2 is 2.25 bits per heavy atom. The lowest BCUT2D eigenvalue weighted by atomic mass is 10.2. The van der Waals surface area contributed by atoms with Crippen LogP contribution in [0.5, 0.6) is 5.88 Å². The maximum atomic E-state index is 5.50. The molecule has 136 valence electrons. The van der Waals surface area contributed by atoms with Crippen molar-refractivity contribution in [2.24, 2.45) is 4.99 Å². The van der Waals surface area contributed by atoms with E-state index >= 15 is 0 Å². The fourth-order valence-electron chi connectivity index (χ4n) is 2.67. The molecule has 0 amide bonds. The summed E-state index contributed by atoms with van der Waals surface area (Å²) in [6.07, 6.45) is 8.76. The molecular weight excluding hydrogens is 435 g/mol. The van der Waals surface area contributed by atoms with Gasteiger partial charge >= 0.3 is 0 Å². The monoisotopic (exact) mass is 464 g/mol. The van der Waals surface area contributed by atoms with Crippen LogP contribution in [0.15, 0.2) is 23.3 Å². The number of aliphatic imine (C=N–C) groups is 1. The summed E-state index contributed by atoms with van der Waals surface area (Å²) >= 11 is 1.97. The van der Waals surface area contributed by atoms with Gasteiger partial charge in [-0.1, -0.05) is 13.0 Å². The van der Waals surface area contributed by atoms with Crippen LogP contribution in [0.2, 0.25) is 0 Å². The summed E-state index contributed by atoms with van der Waals surface area (Å²) in [6, 6.07) is 4.49. The molecule has 1 aromatic rings. The van der Waals surface area contributed by atoms with Crippen molar-refractivity contribution in [3.05, 3.63) is 23.9 Å². The van der Waals surface area contributed by atoms with Gasteiger partial charge in [0.25, 0.3) is 0 Å². The Labute approximate surface area is 166 Å². The topological polar surface area (TPSA) is 58.5 Å². The molecule has 0 aliphatic heterocycles. The van der Waals surface area contributed by atoms with Crippen molar-refractivity contribution in [2.45, 2.75) is 50.4 Å². The Kier molecular flexibility index (Phi) is 10.5. The Morgan fingerprint density at radius 1 is 1.42 bits per heavy atom. The number of halogens is 1. The van der Waals surface area contributed by atoms with Gasteiger partial charge in [-0.25, -0.2) is 4.98 Å². The fourth-order valence-corrected chi connectivity index (χ4v) is 3.46. The van der Waals surface area contributed by atoms with Crippen molar-refractivity contribution >= 4 is 41.7 Å². The Balaban J connectivity index is 0.00000288. The first kappa shape index (κ1) is 21.3. The molecule has 0 bridgehead atoms. The minimum Gasteiger partial charge on any atom is -0.478 e. The van der Waals surface area contributed by atoms with Crippen LogP contribution in [-0.4, -0.2) is 42.1 Å². The molecule has 2 unspecified atom stereocenters. The van der Waals surface area contributed by atoms with Gasteiger partial charge in [0.15, 0.2) is 5.96 Å². The van der Waals surface area contributed by atoms with E-state index in [-0.39, 0.29) is 24.0 Å². The SMILES string of the molecule is CCCOc1ccc(CNC(=NC)NC2CCC(SC)C2)cn1.I. The molecule has 1 aliphatic rings. The van der Waals surface area contributed by atoms with E-state index in [1.54, 1.807) is 0 Å². The van der Waals surface area contributed by atoms with Crippen molar-refractivity contribution in [3.63, 3.8) is 0 Å². The Hall–Kier alpha value is -0.700. The second-order valence-electron chi connectivity index (χ2n) is 5.79. The van der Waals surface area contributed by atoms with Crippen molar-refractivity contribution < 1.29 is 4.74 Å². The van der Waals surface area contributed by atoms with Crippen LogP contribution in [-0.2, 0) is 6.54 Å². The summed E-state index contributed by atoms with van der Waals surface area (Å²) in [5.41, 5.74) is 1.12. The summed E-state index contributed by atoms with van der Waals surface area (Å²) < 4.78 is 5.50. The molecule has 0 saturated heterocycles. The van der Waals surface area contributed by atoms with Crippen molar-refractivity contribution in [1.82, 2.24) is 15.6 Å². The number of guanidine groups is 1. The number of nitrogens with zero attached hydrogens (tertiary/aromatic N) is 2. The molecule has 7 heteroatoms. The maximum absolute atomic E-state index is 5.50. The molecule has 0 radical (unpaired) electrons. The summed E-state index contributed by atoms with van der Waals surface area (Å²) in [7, 11) is 1.82. The molecule has 1 heterocycles. The summed E-state index contributed by atoms with van der Waals surface area (Å²) in [5, 5.41) is 7.66. The van der Waals surface area contributed by atoms with Gasteiger partial charge in [-0.2, -0.15) is 11.8 Å². The van der Waals surface area contributed by atoms with E-state index < -0.39 is 0 Å². The van der Waals surface area contributed by atoms with Gasteiger partial charge in [0.1, 0.15) is 0 Å². The van der Waals surface area contributed by atoms with Crippen LogP contribution in [0.25, 0.3) is 0 Å². The van der Waals surface area contributed by atoms with Crippen molar-refractivity contribution in [3.8, 4) is 5.88 Å². The average Bonchev–Trinajstić information content (AvgIpc) is 3.05. The van der Waals surface area contributed by atoms with Crippen LogP contribution in [0.3, 0.4) is 0 Å². The van der Waals surface area contributed by atoms with E-state index in [0.29, 0.717) is 25.1 Å². The maximum Gasteiger partial charge on any atom is 0.213 e. The van der Waals surface area contributed by atoms with Gasteiger partial charge in [-0.05, 0) is 37.5 Å². The van der Waals surface area contributed by atoms with E-state index in [9.17, 15) is 0 Å². The summed E-state index contributed by atoms with van der Waals surface area (Å²) in [6.45, 7) is 3.50. The zero-order valence-corrected chi connectivity index (χ0v) is 17.9.